The maximum atomic E-state index is 14.0. The standard InChI is InChI=1S/C32H42F2N4O5/c1-3-9-38(10-4-2)32(43)23-12-20(11-22(17-23)31(35)42)15-27(19-39)36-28(16-21-13-24(33)18-25(34)14-21)29(40)7-5-26-6-8-30(41)37-26/h11-14,17-19,26-29,36,40H,3-10,15-16H2,1-2H3,(H2,35,42)(H,37,41). The number of aliphatic hydroxyl groups excluding tert-OH is 1. The van der Waals surface area contributed by atoms with Gasteiger partial charge in [-0.25, -0.2) is 8.78 Å². The van der Waals surface area contributed by atoms with E-state index in [0.29, 0.717) is 49.8 Å². The number of aliphatic hydroxyl groups is 1. The van der Waals surface area contributed by atoms with Crippen molar-refractivity contribution in [3.05, 3.63) is 70.3 Å². The van der Waals surface area contributed by atoms with Gasteiger partial charge in [0.15, 0.2) is 0 Å². The fourth-order valence-electron chi connectivity index (χ4n) is 5.54. The molecule has 9 nitrogen and oxygen atoms in total. The van der Waals surface area contributed by atoms with Crippen LogP contribution in [-0.4, -0.2) is 71.3 Å². The molecule has 3 rings (SSSR count). The summed E-state index contributed by atoms with van der Waals surface area (Å²) in [5, 5.41) is 17.1. The number of rotatable bonds is 17. The molecule has 2 aromatic rings. The van der Waals surface area contributed by atoms with Crippen molar-refractivity contribution in [1.29, 1.82) is 0 Å². The molecule has 1 aliphatic rings. The fraction of sp³-hybridized carbons (Fsp3) is 0.500. The Morgan fingerprint density at radius 2 is 1.67 bits per heavy atom. The lowest BCUT2D eigenvalue weighted by molar-refractivity contribution is -0.119. The average Bonchev–Trinajstić information content (AvgIpc) is 3.38. The van der Waals surface area contributed by atoms with E-state index in [1.165, 1.54) is 24.3 Å². The SMILES string of the molecule is CCCN(CCC)C(=O)c1cc(CC(C=O)NC(Cc2cc(F)cc(F)c2)C(O)CCC2CCC(=O)N2)cc(C(N)=O)c1. The molecule has 1 heterocycles. The zero-order valence-corrected chi connectivity index (χ0v) is 24.8. The van der Waals surface area contributed by atoms with Crippen molar-refractivity contribution >= 4 is 24.0 Å². The number of hydrogen-bond donors (Lipinski definition) is 4. The first-order valence-corrected chi connectivity index (χ1v) is 14.9. The Balaban J connectivity index is 1.84. The van der Waals surface area contributed by atoms with Gasteiger partial charge in [-0.2, -0.15) is 0 Å². The minimum atomic E-state index is -1.02. The molecule has 0 spiro atoms. The van der Waals surface area contributed by atoms with E-state index in [0.717, 1.165) is 18.9 Å². The van der Waals surface area contributed by atoms with E-state index in [-0.39, 0.29) is 48.2 Å². The Morgan fingerprint density at radius 3 is 2.23 bits per heavy atom. The second-order valence-electron chi connectivity index (χ2n) is 11.2. The molecule has 1 aliphatic heterocycles. The van der Waals surface area contributed by atoms with Crippen molar-refractivity contribution in [2.45, 2.75) is 89.4 Å². The zero-order valence-electron chi connectivity index (χ0n) is 24.8. The van der Waals surface area contributed by atoms with Crippen LogP contribution in [-0.2, 0) is 22.4 Å². The number of halogens is 2. The topological polar surface area (TPSA) is 142 Å². The highest BCUT2D eigenvalue weighted by Crippen LogP contribution is 2.20. The summed E-state index contributed by atoms with van der Waals surface area (Å²) in [5.41, 5.74) is 6.78. The second-order valence-corrected chi connectivity index (χ2v) is 11.2. The van der Waals surface area contributed by atoms with Gasteiger partial charge in [-0.3, -0.25) is 14.4 Å². The minimum Gasteiger partial charge on any atom is -0.391 e. The van der Waals surface area contributed by atoms with Crippen molar-refractivity contribution in [2.24, 2.45) is 5.73 Å². The number of amides is 3. The van der Waals surface area contributed by atoms with Crippen molar-refractivity contribution < 1.29 is 33.1 Å². The number of nitrogens with zero attached hydrogens (tertiary/aromatic N) is 1. The normalized spacial score (nSPS) is 16.8. The summed E-state index contributed by atoms with van der Waals surface area (Å²) in [6.07, 6.45) is 3.08. The van der Waals surface area contributed by atoms with Crippen molar-refractivity contribution in [3.8, 4) is 0 Å². The Labute approximate surface area is 251 Å². The summed E-state index contributed by atoms with van der Waals surface area (Å²) < 4.78 is 27.9. The van der Waals surface area contributed by atoms with E-state index in [9.17, 15) is 33.1 Å². The van der Waals surface area contributed by atoms with Crippen molar-refractivity contribution in [3.63, 3.8) is 0 Å². The van der Waals surface area contributed by atoms with Gasteiger partial charge in [0.1, 0.15) is 17.9 Å². The minimum absolute atomic E-state index is 0.0191. The molecule has 0 bridgehead atoms. The van der Waals surface area contributed by atoms with Crippen LogP contribution in [0.2, 0.25) is 0 Å². The predicted octanol–water partition coefficient (Wildman–Crippen LogP) is 3.06. The van der Waals surface area contributed by atoms with Crippen LogP contribution in [0.25, 0.3) is 0 Å². The van der Waals surface area contributed by atoms with E-state index >= 15 is 0 Å². The lowest BCUT2D eigenvalue weighted by Gasteiger charge is -2.28. The Morgan fingerprint density at radius 1 is 1.05 bits per heavy atom. The van der Waals surface area contributed by atoms with Gasteiger partial charge in [0.05, 0.1) is 12.1 Å². The number of nitrogens with two attached hydrogens (primary N) is 1. The highest BCUT2D eigenvalue weighted by atomic mass is 19.1. The lowest BCUT2D eigenvalue weighted by atomic mass is 9.94. The first-order valence-electron chi connectivity index (χ1n) is 14.9. The van der Waals surface area contributed by atoms with E-state index in [1.54, 1.807) is 11.0 Å². The van der Waals surface area contributed by atoms with Gasteiger partial charge >= 0.3 is 0 Å². The molecule has 0 radical (unpaired) electrons. The monoisotopic (exact) mass is 600 g/mol. The number of hydrogen-bond acceptors (Lipinski definition) is 6. The van der Waals surface area contributed by atoms with Crippen LogP contribution in [0.1, 0.15) is 84.2 Å². The molecule has 5 N–H and O–H groups in total. The fourth-order valence-corrected chi connectivity index (χ4v) is 5.54. The van der Waals surface area contributed by atoms with Gasteiger partial charge in [0.2, 0.25) is 11.8 Å². The number of nitrogens with one attached hydrogen (secondary N) is 2. The molecule has 0 aliphatic carbocycles. The molecular weight excluding hydrogens is 558 g/mol. The average molecular weight is 601 g/mol. The van der Waals surface area contributed by atoms with E-state index in [4.69, 9.17) is 5.73 Å². The third-order valence-electron chi connectivity index (χ3n) is 7.58. The van der Waals surface area contributed by atoms with Crippen LogP contribution < -0.4 is 16.4 Å². The second kappa shape index (κ2) is 16.2. The summed E-state index contributed by atoms with van der Waals surface area (Å²) in [6.45, 7) is 5.03. The van der Waals surface area contributed by atoms with Gasteiger partial charge < -0.3 is 31.2 Å². The molecule has 4 unspecified atom stereocenters. The van der Waals surface area contributed by atoms with Crippen LogP contribution in [0.4, 0.5) is 8.78 Å². The van der Waals surface area contributed by atoms with Gasteiger partial charge in [-0.1, -0.05) is 13.8 Å². The van der Waals surface area contributed by atoms with Crippen LogP contribution in [0.5, 0.6) is 0 Å². The highest BCUT2D eigenvalue weighted by molar-refractivity contribution is 5.99. The number of primary amides is 1. The molecule has 1 saturated heterocycles. The van der Waals surface area contributed by atoms with Crippen LogP contribution in [0.3, 0.4) is 0 Å². The molecule has 11 heteroatoms. The molecular formula is C32H42F2N4O5. The maximum absolute atomic E-state index is 14.0. The summed E-state index contributed by atoms with van der Waals surface area (Å²) >= 11 is 0. The summed E-state index contributed by atoms with van der Waals surface area (Å²) in [7, 11) is 0. The first kappa shape index (κ1) is 33.8. The Hall–Kier alpha value is -3.70. The van der Waals surface area contributed by atoms with Crippen LogP contribution in [0, 0.1) is 11.6 Å². The first-order chi connectivity index (χ1) is 20.5. The zero-order chi connectivity index (χ0) is 31.5. The van der Waals surface area contributed by atoms with Crippen molar-refractivity contribution in [2.75, 3.05) is 13.1 Å². The van der Waals surface area contributed by atoms with Gasteiger partial charge in [-0.05, 0) is 86.4 Å². The van der Waals surface area contributed by atoms with Gasteiger partial charge in [0.25, 0.3) is 5.91 Å². The Kier molecular flexibility index (Phi) is 12.8. The van der Waals surface area contributed by atoms with E-state index < -0.39 is 35.7 Å². The molecule has 4 atom stereocenters. The maximum Gasteiger partial charge on any atom is 0.253 e. The highest BCUT2D eigenvalue weighted by Gasteiger charge is 2.27. The molecule has 2 aromatic carbocycles. The molecule has 0 saturated carbocycles. The predicted molar refractivity (Wildman–Crippen MR) is 158 cm³/mol. The third kappa shape index (κ3) is 10.2. The number of carbonyl (C=O) groups is 4. The molecule has 234 valence electrons. The van der Waals surface area contributed by atoms with Crippen LogP contribution >= 0.6 is 0 Å². The Bertz CT molecular complexity index is 1260. The van der Waals surface area contributed by atoms with Gasteiger partial charge in [-0.15, -0.1) is 0 Å². The number of carbonyl (C=O) groups excluding carboxylic acids is 4. The van der Waals surface area contributed by atoms with Crippen LogP contribution in [0.15, 0.2) is 36.4 Å². The molecule has 1 fully saturated rings. The van der Waals surface area contributed by atoms with E-state index in [2.05, 4.69) is 10.6 Å². The van der Waals surface area contributed by atoms with E-state index in [1.807, 2.05) is 13.8 Å². The lowest BCUT2D eigenvalue weighted by Crippen LogP contribution is -2.48. The number of aldehydes is 1. The summed E-state index contributed by atoms with van der Waals surface area (Å²) in [4.78, 5) is 51.0. The van der Waals surface area contributed by atoms with Crippen molar-refractivity contribution in [1.82, 2.24) is 15.5 Å². The molecule has 43 heavy (non-hydrogen) atoms. The molecule has 0 aromatic heterocycles. The molecule has 3 amide bonds. The summed E-state index contributed by atoms with van der Waals surface area (Å²) in [5.74, 6) is -2.53. The summed E-state index contributed by atoms with van der Waals surface area (Å²) in [6, 6.07) is 5.96. The van der Waals surface area contributed by atoms with Gasteiger partial charge in [0, 0.05) is 48.8 Å². The quantitative estimate of drug-likeness (QED) is 0.206. The smallest absolute Gasteiger partial charge is 0.253 e. The third-order valence-corrected chi connectivity index (χ3v) is 7.58. The largest absolute Gasteiger partial charge is 0.391 e. The number of benzene rings is 2.